The average molecular weight is 290 g/mol. The average Bonchev–Trinajstić information content (AvgIpc) is 2.49. The van der Waals surface area contributed by atoms with Gasteiger partial charge in [0.15, 0.2) is 0 Å². The smallest absolute Gasteiger partial charge is 0.316 e. The van der Waals surface area contributed by atoms with Crippen molar-refractivity contribution < 1.29 is 14.7 Å². The molecule has 7 nitrogen and oxygen atoms in total. The first-order valence-electron chi connectivity index (χ1n) is 6.34. The fraction of sp³-hybridized carbons (Fsp3) is 0.357. The summed E-state index contributed by atoms with van der Waals surface area (Å²) in [5.41, 5.74) is 0.638. The van der Waals surface area contributed by atoms with Gasteiger partial charge in [0, 0.05) is 33.4 Å². The Bertz CT molecular complexity index is 561. The normalized spacial score (nSPS) is 9.29. The molecule has 0 spiro atoms. The molecule has 0 bridgehead atoms. The minimum atomic E-state index is -0.378. The minimum Gasteiger partial charge on any atom is -0.384 e. The SMILES string of the molecule is CN(C)C(=O)NCCNC(=O)c1ncccc1C#CCO. The van der Waals surface area contributed by atoms with E-state index in [0.29, 0.717) is 12.1 Å². The summed E-state index contributed by atoms with van der Waals surface area (Å²) < 4.78 is 0. The molecule has 0 aliphatic rings. The largest absolute Gasteiger partial charge is 0.384 e. The molecular weight excluding hydrogens is 272 g/mol. The zero-order valence-electron chi connectivity index (χ0n) is 12.0. The van der Waals surface area contributed by atoms with Crippen LogP contribution in [0.25, 0.3) is 0 Å². The Labute approximate surface area is 123 Å². The van der Waals surface area contributed by atoms with E-state index in [1.807, 2.05) is 0 Å². The Hall–Kier alpha value is -2.59. The number of aliphatic hydroxyl groups excluding tert-OH is 1. The fourth-order valence-corrected chi connectivity index (χ4v) is 1.41. The van der Waals surface area contributed by atoms with Crippen molar-refractivity contribution in [1.29, 1.82) is 0 Å². The third-order valence-electron chi connectivity index (χ3n) is 2.42. The van der Waals surface area contributed by atoms with Gasteiger partial charge in [-0.3, -0.25) is 4.79 Å². The summed E-state index contributed by atoms with van der Waals surface area (Å²) in [5.74, 6) is 4.77. The maximum atomic E-state index is 12.0. The first-order valence-corrected chi connectivity index (χ1v) is 6.34. The van der Waals surface area contributed by atoms with E-state index in [1.54, 1.807) is 26.2 Å². The first-order chi connectivity index (χ1) is 10.1. The molecule has 0 aliphatic carbocycles. The van der Waals surface area contributed by atoms with Crippen molar-refractivity contribution >= 4 is 11.9 Å². The molecule has 0 saturated carbocycles. The van der Waals surface area contributed by atoms with Crippen LogP contribution in [0.4, 0.5) is 4.79 Å². The molecule has 0 radical (unpaired) electrons. The van der Waals surface area contributed by atoms with Crippen LogP contribution in [0.2, 0.25) is 0 Å². The summed E-state index contributed by atoms with van der Waals surface area (Å²) in [4.78, 5) is 28.6. The number of rotatable bonds is 4. The fourth-order valence-electron chi connectivity index (χ4n) is 1.41. The van der Waals surface area contributed by atoms with Gasteiger partial charge in [0.1, 0.15) is 12.3 Å². The van der Waals surface area contributed by atoms with E-state index < -0.39 is 0 Å². The Morgan fingerprint density at radius 3 is 2.71 bits per heavy atom. The van der Waals surface area contributed by atoms with Crippen LogP contribution in [0.15, 0.2) is 18.3 Å². The maximum absolute atomic E-state index is 12.0. The summed E-state index contributed by atoms with van der Waals surface area (Å²) in [6, 6.07) is 3.09. The van der Waals surface area contributed by atoms with Gasteiger partial charge in [-0.25, -0.2) is 9.78 Å². The van der Waals surface area contributed by atoms with Gasteiger partial charge < -0.3 is 20.6 Å². The Morgan fingerprint density at radius 2 is 2.05 bits per heavy atom. The predicted octanol–water partition coefficient (Wildman–Crippen LogP) is -0.574. The van der Waals surface area contributed by atoms with Gasteiger partial charge in [-0.1, -0.05) is 11.8 Å². The third-order valence-corrected chi connectivity index (χ3v) is 2.42. The number of aromatic nitrogens is 1. The van der Waals surface area contributed by atoms with Crippen LogP contribution in [-0.4, -0.2) is 60.7 Å². The summed E-state index contributed by atoms with van der Waals surface area (Å²) >= 11 is 0. The summed E-state index contributed by atoms with van der Waals surface area (Å²) in [6.07, 6.45) is 1.49. The molecule has 0 unspecified atom stereocenters. The molecule has 3 amide bonds. The second-order valence-corrected chi connectivity index (χ2v) is 4.24. The molecular formula is C14H18N4O3. The van der Waals surface area contributed by atoms with E-state index >= 15 is 0 Å². The Balaban J connectivity index is 2.55. The van der Waals surface area contributed by atoms with Crippen LogP contribution in [0, 0.1) is 11.8 Å². The molecule has 21 heavy (non-hydrogen) atoms. The van der Waals surface area contributed by atoms with Crippen LogP contribution in [0.5, 0.6) is 0 Å². The lowest BCUT2D eigenvalue weighted by molar-refractivity contribution is 0.0948. The molecule has 1 aromatic heterocycles. The predicted molar refractivity (Wildman–Crippen MR) is 77.6 cm³/mol. The number of nitrogens with one attached hydrogen (secondary N) is 2. The Morgan fingerprint density at radius 1 is 1.33 bits per heavy atom. The topological polar surface area (TPSA) is 94.6 Å². The molecule has 0 fully saturated rings. The van der Waals surface area contributed by atoms with Crippen LogP contribution >= 0.6 is 0 Å². The molecule has 0 saturated heterocycles. The highest BCUT2D eigenvalue weighted by atomic mass is 16.2. The highest BCUT2D eigenvalue weighted by Crippen LogP contribution is 2.03. The van der Waals surface area contributed by atoms with Crippen LogP contribution < -0.4 is 10.6 Å². The number of urea groups is 1. The molecule has 0 aliphatic heterocycles. The van der Waals surface area contributed by atoms with E-state index in [2.05, 4.69) is 27.5 Å². The van der Waals surface area contributed by atoms with Crippen molar-refractivity contribution in [2.24, 2.45) is 0 Å². The van der Waals surface area contributed by atoms with Crippen LogP contribution in [0.3, 0.4) is 0 Å². The number of hydrogen-bond acceptors (Lipinski definition) is 4. The van der Waals surface area contributed by atoms with E-state index in [1.165, 1.54) is 11.1 Å². The number of nitrogens with zero attached hydrogens (tertiary/aromatic N) is 2. The van der Waals surface area contributed by atoms with Crippen molar-refractivity contribution in [3.05, 3.63) is 29.6 Å². The van der Waals surface area contributed by atoms with Crippen molar-refractivity contribution in [3.63, 3.8) is 0 Å². The molecule has 1 aromatic rings. The highest BCUT2D eigenvalue weighted by molar-refractivity contribution is 5.94. The minimum absolute atomic E-state index is 0.192. The lowest BCUT2D eigenvalue weighted by Crippen LogP contribution is -2.39. The molecule has 0 aromatic carbocycles. The summed E-state index contributed by atoms with van der Waals surface area (Å²) in [5, 5.41) is 14.0. The third kappa shape index (κ3) is 5.50. The number of carbonyl (C=O) groups excluding carboxylic acids is 2. The van der Waals surface area contributed by atoms with E-state index in [-0.39, 0.29) is 30.8 Å². The summed E-state index contributed by atoms with van der Waals surface area (Å²) in [7, 11) is 3.27. The van der Waals surface area contributed by atoms with E-state index in [4.69, 9.17) is 5.11 Å². The number of carbonyl (C=O) groups is 2. The zero-order chi connectivity index (χ0) is 15.7. The number of hydrogen-bond donors (Lipinski definition) is 3. The lowest BCUT2D eigenvalue weighted by atomic mass is 10.2. The number of pyridine rings is 1. The van der Waals surface area contributed by atoms with E-state index in [0.717, 1.165) is 0 Å². The second kappa shape index (κ2) is 8.55. The summed E-state index contributed by atoms with van der Waals surface area (Å²) in [6.45, 7) is 0.307. The quantitative estimate of drug-likeness (QED) is 0.511. The Kier molecular flexibility index (Phi) is 6.71. The maximum Gasteiger partial charge on any atom is 0.316 e. The number of amides is 3. The van der Waals surface area contributed by atoms with Crippen LogP contribution in [0.1, 0.15) is 16.1 Å². The lowest BCUT2D eigenvalue weighted by Gasteiger charge is -2.12. The van der Waals surface area contributed by atoms with Crippen molar-refractivity contribution in [3.8, 4) is 11.8 Å². The highest BCUT2D eigenvalue weighted by Gasteiger charge is 2.11. The van der Waals surface area contributed by atoms with Crippen molar-refractivity contribution in [1.82, 2.24) is 20.5 Å². The van der Waals surface area contributed by atoms with Crippen LogP contribution in [-0.2, 0) is 0 Å². The standard InChI is InChI=1S/C14H18N4O3/c1-18(2)14(21)17-9-8-16-13(20)12-11(6-4-10-19)5-3-7-15-12/h3,5,7,19H,8-10H2,1-2H3,(H,16,20)(H,17,21). The van der Waals surface area contributed by atoms with Gasteiger partial charge in [0.2, 0.25) is 0 Å². The number of aliphatic hydroxyl groups is 1. The molecule has 7 heteroatoms. The van der Waals surface area contributed by atoms with Gasteiger partial charge in [0.25, 0.3) is 5.91 Å². The molecule has 1 rings (SSSR count). The molecule has 1 heterocycles. The monoisotopic (exact) mass is 290 g/mol. The molecule has 0 atom stereocenters. The van der Waals surface area contributed by atoms with Gasteiger partial charge >= 0.3 is 6.03 Å². The molecule has 112 valence electrons. The second-order valence-electron chi connectivity index (χ2n) is 4.24. The first kappa shape index (κ1) is 16.5. The van der Waals surface area contributed by atoms with Crippen molar-refractivity contribution in [2.45, 2.75) is 0 Å². The van der Waals surface area contributed by atoms with Crippen molar-refractivity contribution in [2.75, 3.05) is 33.8 Å². The van der Waals surface area contributed by atoms with Gasteiger partial charge in [-0.05, 0) is 12.1 Å². The van der Waals surface area contributed by atoms with Gasteiger partial charge in [-0.2, -0.15) is 0 Å². The zero-order valence-corrected chi connectivity index (χ0v) is 12.0. The molecule has 3 N–H and O–H groups in total. The van der Waals surface area contributed by atoms with E-state index in [9.17, 15) is 9.59 Å². The van der Waals surface area contributed by atoms with Gasteiger partial charge in [0.05, 0.1) is 5.56 Å². The van der Waals surface area contributed by atoms with Gasteiger partial charge in [-0.15, -0.1) is 0 Å².